The number of hydrogen-bond acceptors (Lipinski definition) is 7. The molecule has 0 atom stereocenters. The van der Waals surface area contributed by atoms with Crippen LogP contribution < -0.4 is 19.5 Å². The molecule has 1 aliphatic heterocycles. The van der Waals surface area contributed by atoms with Crippen molar-refractivity contribution in [3.63, 3.8) is 0 Å². The summed E-state index contributed by atoms with van der Waals surface area (Å²) >= 11 is 0.883. The van der Waals surface area contributed by atoms with E-state index >= 15 is 0 Å². The summed E-state index contributed by atoms with van der Waals surface area (Å²) in [6.07, 6.45) is 1.65. The predicted molar refractivity (Wildman–Crippen MR) is 165 cm³/mol. The molecule has 0 bridgehead atoms. The van der Waals surface area contributed by atoms with Crippen LogP contribution in [0.15, 0.2) is 89.8 Å². The number of anilines is 1. The Labute approximate surface area is 248 Å². The molecule has 4 aromatic rings. The summed E-state index contributed by atoms with van der Waals surface area (Å²) in [5, 5.41) is 4.48. The molecule has 1 heterocycles. The fraction of sp³-hybridized carbons (Fsp3) is 0.182. The quantitative estimate of drug-likeness (QED) is 0.197. The van der Waals surface area contributed by atoms with E-state index in [9.17, 15) is 14.4 Å². The Kier molecular flexibility index (Phi) is 9.08. The van der Waals surface area contributed by atoms with E-state index in [-0.39, 0.29) is 36.8 Å². The third kappa shape index (κ3) is 6.92. The number of hydrogen-bond donors (Lipinski definition) is 1. The molecule has 1 saturated heterocycles. The largest absolute Gasteiger partial charge is 0.491 e. The lowest BCUT2D eigenvalue weighted by Gasteiger charge is -2.14. The maximum atomic E-state index is 13.1. The lowest BCUT2D eigenvalue weighted by atomic mass is 10.1. The topological polar surface area (TPSA) is 94.2 Å². The molecule has 42 heavy (non-hydrogen) atoms. The average Bonchev–Trinajstić information content (AvgIpc) is 3.24. The summed E-state index contributed by atoms with van der Waals surface area (Å²) < 4.78 is 17.4. The number of aryl methyl sites for hydroxylation is 1. The van der Waals surface area contributed by atoms with Gasteiger partial charge in [-0.1, -0.05) is 54.6 Å². The number of thioether (sulfide) groups is 1. The Morgan fingerprint density at radius 3 is 2.52 bits per heavy atom. The minimum absolute atomic E-state index is 0.132. The summed E-state index contributed by atoms with van der Waals surface area (Å²) in [7, 11) is 0. The maximum absolute atomic E-state index is 13.1. The highest BCUT2D eigenvalue weighted by atomic mass is 32.2. The first kappa shape index (κ1) is 28.8. The minimum Gasteiger partial charge on any atom is -0.491 e. The average molecular weight is 583 g/mol. The summed E-state index contributed by atoms with van der Waals surface area (Å²) in [5.41, 5.74) is 2.39. The van der Waals surface area contributed by atoms with Gasteiger partial charge in [-0.05, 0) is 78.5 Å². The fourth-order valence-corrected chi connectivity index (χ4v) is 5.34. The Morgan fingerprint density at radius 1 is 0.881 bits per heavy atom. The molecule has 0 radical (unpaired) electrons. The number of fused-ring (bicyclic) bond motifs is 1. The van der Waals surface area contributed by atoms with E-state index in [0.717, 1.165) is 28.1 Å². The highest BCUT2D eigenvalue weighted by Gasteiger charge is 2.34. The first-order chi connectivity index (χ1) is 20.4. The van der Waals surface area contributed by atoms with Crippen molar-refractivity contribution in [2.75, 3.05) is 31.7 Å². The van der Waals surface area contributed by atoms with Gasteiger partial charge in [0.1, 0.15) is 12.4 Å². The van der Waals surface area contributed by atoms with Gasteiger partial charge < -0.3 is 19.5 Å². The molecule has 0 unspecified atom stereocenters. The van der Waals surface area contributed by atoms with Gasteiger partial charge in [0.05, 0.1) is 18.1 Å². The van der Waals surface area contributed by atoms with Crippen molar-refractivity contribution in [1.29, 1.82) is 0 Å². The lowest BCUT2D eigenvalue weighted by molar-refractivity contribution is -0.123. The van der Waals surface area contributed by atoms with Crippen molar-refractivity contribution in [2.24, 2.45) is 0 Å². The molecule has 5 rings (SSSR count). The summed E-state index contributed by atoms with van der Waals surface area (Å²) in [4.78, 5) is 39.6. The Balaban J connectivity index is 1.21. The summed E-state index contributed by atoms with van der Waals surface area (Å²) in [6.45, 7) is 4.27. The van der Waals surface area contributed by atoms with E-state index < -0.39 is 0 Å². The molecule has 9 heteroatoms. The van der Waals surface area contributed by atoms with Gasteiger partial charge in [-0.25, -0.2) is 0 Å². The monoisotopic (exact) mass is 582 g/mol. The van der Waals surface area contributed by atoms with Gasteiger partial charge in [-0.2, -0.15) is 0 Å². The van der Waals surface area contributed by atoms with E-state index in [0.29, 0.717) is 40.0 Å². The highest BCUT2D eigenvalue weighted by molar-refractivity contribution is 8.18. The van der Waals surface area contributed by atoms with Crippen LogP contribution in [-0.2, 0) is 9.59 Å². The van der Waals surface area contributed by atoms with Crippen LogP contribution in [0.5, 0.6) is 17.2 Å². The molecule has 1 N–H and O–H groups in total. The van der Waals surface area contributed by atoms with Crippen LogP contribution in [0.3, 0.4) is 0 Å². The van der Waals surface area contributed by atoms with E-state index in [2.05, 4.69) is 5.32 Å². The molecule has 1 fully saturated rings. The summed E-state index contributed by atoms with van der Waals surface area (Å²) in [6, 6.07) is 26.3. The van der Waals surface area contributed by atoms with Gasteiger partial charge in [0, 0.05) is 11.1 Å². The third-order valence-corrected chi connectivity index (χ3v) is 7.33. The lowest BCUT2D eigenvalue weighted by Crippen LogP contribution is -2.32. The van der Waals surface area contributed by atoms with Crippen molar-refractivity contribution < 1.29 is 28.6 Å². The van der Waals surface area contributed by atoms with E-state index in [1.165, 1.54) is 4.90 Å². The molecule has 0 saturated carbocycles. The maximum Gasteiger partial charge on any atom is 0.293 e. The van der Waals surface area contributed by atoms with Crippen LogP contribution in [0.25, 0.3) is 16.8 Å². The van der Waals surface area contributed by atoms with Gasteiger partial charge in [0.2, 0.25) is 0 Å². The van der Waals surface area contributed by atoms with Crippen LogP contribution in [0.4, 0.5) is 10.5 Å². The number of nitrogens with zero attached hydrogens (tertiary/aromatic N) is 1. The number of carbonyl (C=O) groups is 3. The zero-order valence-corrected chi connectivity index (χ0v) is 24.1. The summed E-state index contributed by atoms with van der Waals surface area (Å²) in [5.74, 6) is 0.848. The van der Waals surface area contributed by atoms with Gasteiger partial charge in [-0.3, -0.25) is 19.3 Å². The Morgan fingerprint density at radius 2 is 1.69 bits per heavy atom. The first-order valence-corrected chi connectivity index (χ1v) is 14.3. The first-order valence-electron chi connectivity index (χ1n) is 13.5. The molecule has 214 valence electrons. The van der Waals surface area contributed by atoms with Gasteiger partial charge in [0.15, 0.2) is 18.1 Å². The van der Waals surface area contributed by atoms with Crippen molar-refractivity contribution >= 4 is 51.4 Å². The second kappa shape index (κ2) is 13.3. The van der Waals surface area contributed by atoms with Crippen LogP contribution in [0.2, 0.25) is 0 Å². The predicted octanol–water partition coefficient (Wildman–Crippen LogP) is 6.68. The number of carbonyl (C=O) groups excluding carboxylic acids is 3. The number of rotatable bonds is 11. The molecule has 4 aromatic carbocycles. The number of imide groups is 1. The SMILES string of the molecule is CCOc1cc(/C=C2\SC(=O)N(CCOc3cccc4ccccc34)C2=O)ccc1OCC(=O)Nc1cccc(C)c1. The molecule has 0 spiro atoms. The minimum atomic E-state index is -0.377. The van der Waals surface area contributed by atoms with Crippen LogP contribution in [-0.4, -0.2) is 48.3 Å². The van der Waals surface area contributed by atoms with Crippen molar-refractivity contribution in [2.45, 2.75) is 13.8 Å². The van der Waals surface area contributed by atoms with Crippen molar-refractivity contribution in [3.05, 3.63) is 101 Å². The molecule has 1 aliphatic rings. The van der Waals surface area contributed by atoms with E-state index in [1.54, 1.807) is 24.3 Å². The van der Waals surface area contributed by atoms with Crippen LogP contribution >= 0.6 is 11.8 Å². The number of ether oxygens (including phenoxy) is 3. The van der Waals surface area contributed by atoms with E-state index in [4.69, 9.17) is 14.2 Å². The van der Waals surface area contributed by atoms with Gasteiger partial charge in [0.25, 0.3) is 17.1 Å². The molecule has 8 nitrogen and oxygen atoms in total. The highest BCUT2D eigenvalue weighted by Crippen LogP contribution is 2.35. The normalized spacial score (nSPS) is 14.0. The third-order valence-electron chi connectivity index (χ3n) is 6.42. The molecular weight excluding hydrogens is 552 g/mol. The van der Waals surface area contributed by atoms with Crippen molar-refractivity contribution in [3.8, 4) is 17.2 Å². The number of nitrogens with one attached hydrogen (secondary N) is 1. The molecular formula is C33H30N2O6S. The van der Waals surface area contributed by atoms with Crippen LogP contribution in [0.1, 0.15) is 18.1 Å². The smallest absolute Gasteiger partial charge is 0.293 e. The molecule has 3 amide bonds. The van der Waals surface area contributed by atoms with Crippen LogP contribution in [0, 0.1) is 6.92 Å². The zero-order valence-electron chi connectivity index (χ0n) is 23.3. The second-order valence-corrected chi connectivity index (χ2v) is 10.5. The fourth-order valence-electron chi connectivity index (χ4n) is 4.48. The molecule has 0 aromatic heterocycles. The number of amides is 3. The Bertz CT molecular complexity index is 1660. The second-order valence-electron chi connectivity index (χ2n) is 9.50. The van der Waals surface area contributed by atoms with Gasteiger partial charge >= 0.3 is 0 Å². The van der Waals surface area contributed by atoms with Gasteiger partial charge in [-0.15, -0.1) is 0 Å². The molecule has 0 aliphatic carbocycles. The van der Waals surface area contributed by atoms with Crippen molar-refractivity contribution in [1.82, 2.24) is 4.90 Å². The number of benzene rings is 4. The van der Waals surface area contributed by atoms with E-state index in [1.807, 2.05) is 80.6 Å². The zero-order chi connectivity index (χ0) is 29.5. The Hall–Kier alpha value is -4.76. The standard InChI is InChI=1S/C33H30N2O6S/c1-3-39-29-19-23(14-15-28(29)41-21-31(36)34-25-11-6-8-22(2)18-25)20-30-32(37)35(33(38)42-30)16-17-40-27-13-7-10-24-9-4-5-12-26(24)27/h4-15,18-20H,3,16-17,21H2,1-2H3,(H,34,36)/b30-20-.